The summed E-state index contributed by atoms with van der Waals surface area (Å²) >= 11 is 0. The lowest BCUT2D eigenvalue weighted by atomic mass is 10.1. The number of hydrogen-bond acceptors (Lipinski definition) is 4. The molecule has 1 rings (SSSR count). The van der Waals surface area contributed by atoms with E-state index in [0.29, 0.717) is 18.8 Å². The molecule has 0 saturated carbocycles. The highest BCUT2D eigenvalue weighted by Gasteiger charge is 2.16. The van der Waals surface area contributed by atoms with Gasteiger partial charge in [-0.2, -0.15) is 0 Å². The minimum atomic E-state index is -1.08. The number of rotatable bonds is 6. The molecule has 0 unspecified atom stereocenters. The molecule has 0 radical (unpaired) electrons. The van der Waals surface area contributed by atoms with Crippen molar-refractivity contribution in [3.8, 4) is 0 Å². The molecule has 0 aliphatic carbocycles. The summed E-state index contributed by atoms with van der Waals surface area (Å²) in [5.74, 6) is -1.20. The molecule has 19 heavy (non-hydrogen) atoms. The first-order valence-corrected chi connectivity index (χ1v) is 6.14. The van der Waals surface area contributed by atoms with Crippen molar-refractivity contribution in [3.63, 3.8) is 0 Å². The molecule has 4 N–H and O–H groups in total. The summed E-state index contributed by atoms with van der Waals surface area (Å²) in [6, 6.07) is 4.78. The van der Waals surface area contributed by atoms with Gasteiger partial charge in [0.05, 0.1) is 23.5 Å². The van der Waals surface area contributed by atoms with Crippen LogP contribution in [0.25, 0.3) is 0 Å². The Labute approximate surface area is 112 Å². The first kappa shape index (κ1) is 14.8. The quantitative estimate of drug-likeness (QED) is 0.665. The number of aromatic carboxylic acids is 1. The molecule has 0 bridgehead atoms. The van der Waals surface area contributed by atoms with Crippen LogP contribution in [0.1, 0.15) is 24.2 Å². The molecule has 1 amide bonds. The summed E-state index contributed by atoms with van der Waals surface area (Å²) in [7, 11) is 0. The van der Waals surface area contributed by atoms with Crippen molar-refractivity contribution >= 4 is 23.3 Å². The van der Waals surface area contributed by atoms with Crippen molar-refractivity contribution in [3.05, 3.63) is 23.8 Å². The first-order valence-electron chi connectivity index (χ1n) is 6.14. The SMILES string of the molecule is CCNC(=O)CN(CC)c1cccc(C(=O)O)c1N. The van der Waals surface area contributed by atoms with Crippen LogP contribution in [0, 0.1) is 0 Å². The number of nitrogens with one attached hydrogen (secondary N) is 1. The van der Waals surface area contributed by atoms with E-state index < -0.39 is 5.97 Å². The molecule has 1 aromatic rings. The van der Waals surface area contributed by atoms with E-state index in [-0.39, 0.29) is 23.7 Å². The fourth-order valence-corrected chi connectivity index (χ4v) is 1.81. The highest BCUT2D eigenvalue weighted by atomic mass is 16.4. The summed E-state index contributed by atoms with van der Waals surface area (Å²) in [6.07, 6.45) is 0. The molecular formula is C13H19N3O3. The number of likely N-dealkylation sites (N-methyl/N-ethyl adjacent to an activating group) is 2. The Morgan fingerprint density at radius 2 is 2.05 bits per heavy atom. The Morgan fingerprint density at radius 3 is 2.58 bits per heavy atom. The third-order valence-electron chi connectivity index (χ3n) is 2.74. The van der Waals surface area contributed by atoms with E-state index in [0.717, 1.165) is 0 Å². The molecule has 0 aromatic heterocycles. The lowest BCUT2D eigenvalue weighted by Crippen LogP contribution is -2.37. The van der Waals surface area contributed by atoms with Gasteiger partial charge < -0.3 is 21.1 Å². The van der Waals surface area contributed by atoms with Crippen molar-refractivity contribution in [2.75, 3.05) is 30.3 Å². The van der Waals surface area contributed by atoms with Gasteiger partial charge in [0.1, 0.15) is 0 Å². The standard InChI is InChI=1S/C13H19N3O3/c1-3-15-11(17)8-16(4-2)10-7-5-6-9(12(10)14)13(18)19/h5-7H,3-4,8,14H2,1-2H3,(H,15,17)(H,18,19). The van der Waals surface area contributed by atoms with Crippen molar-refractivity contribution < 1.29 is 14.7 Å². The molecule has 0 fully saturated rings. The van der Waals surface area contributed by atoms with Crippen LogP contribution in [-0.2, 0) is 4.79 Å². The van der Waals surface area contributed by atoms with Crippen LogP contribution in [0.5, 0.6) is 0 Å². The van der Waals surface area contributed by atoms with E-state index in [4.69, 9.17) is 10.8 Å². The van der Waals surface area contributed by atoms with E-state index in [9.17, 15) is 9.59 Å². The maximum absolute atomic E-state index is 11.6. The van der Waals surface area contributed by atoms with Gasteiger partial charge in [-0.3, -0.25) is 4.79 Å². The molecule has 6 nitrogen and oxygen atoms in total. The predicted molar refractivity (Wildman–Crippen MR) is 74.4 cm³/mol. The lowest BCUT2D eigenvalue weighted by molar-refractivity contribution is -0.119. The minimum absolute atomic E-state index is 0.0480. The third-order valence-corrected chi connectivity index (χ3v) is 2.74. The lowest BCUT2D eigenvalue weighted by Gasteiger charge is -2.24. The molecule has 0 spiro atoms. The first-order chi connectivity index (χ1) is 9.01. The van der Waals surface area contributed by atoms with Gasteiger partial charge in [-0.15, -0.1) is 0 Å². The number of nitrogens with two attached hydrogens (primary N) is 1. The Morgan fingerprint density at radius 1 is 1.37 bits per heavy atom. The average Bonchev–Trinajstić information content (AvgIpc) is 2.36. The van der Waals surface area contributed by atoms with E-state index in [1.54, 1.807) is 17.0 Å². The summed E-state index contributed by atoms with van der Waals surface area (Å²) in [5, 5.41) is 11.7. The minimum Gasteiger partial charge on any atom is -0.478 e. The number of benzene rings is 1. The molecule has 0 saturated heterocycles. The number of carbonyl (C=O) groups excluding carboxylic acids is 1. The molecule has 0 heterocycles. The van der Waals surface area contributed by atoms with Gasteiger partial charge in [-0.1, -0.05) is 6.07 Å². The Balaban J connectivity index is 3.02. The van der Waals surface area contributed by atoms with Gasteiger partial charge in [0.25, 0.3) is 0 Å². The molecular weight excluding hydrogens is 246 g/mol. The van der Waals surface area contributed by atoms with Crippen LogP contribution in [0.4, 0.5) is 11.4 Å². The molecule has 0 atom stereocenters. The summed E-state index contributed by atoms with van der Waals surface area (Å²) < 4.78 is 0. The van der Waals surface area contributed by atoms with Crippen LogP contribution >= 0.6 is 0 Å². The van der Waals surface area contributed by atoms with Crippen LogP contribution in [0.2, 0.25) is 0 Å². The van der Waals surface area contributed by atoms with Crippen molar-refractivity contribution in [2.45, 2.75) is 13.8 Å². The Hall–Kier alpha value is -2.24. The van der Waals surface area contributed by atoms with Crippen LogP contribution in [0.15, 0.2) is 18.2 Å². The average molecular weight is 265 g/mol. The van der Waals surface area contributed by atoms with E-state index in [1.807, 2.05) is 13.8 Å². The number of carboxylic acids is 1. The summed E-state index contributed by atoms with van der Waals surface area (Å²) in [6.45, 7) is 4.99. The van der Waals surface area contributed by atoms with Gasteiger partial charge in [-0.05, 0) is 26.0 Å². The molecule has 104 valence electrons. The number of para-hydroxylation sites is 1. The Bertz CT molecular complexity index is 474. The maximum Gasteiger partial charge on any atom is 0.337 e. The fourth-order valence-electron chi connectivity index (χ4n) is 1.81. The number of carbonyl (C=O) groups is 2. The van der Waals surface area contributed by atoms with Crippen molar-refractivity contribution in [1.82, 2.24) is 5.32 Å². The van der Waals surface area contributed by atoms with Crippen LogP contribution in [-0.4, -0.2) is 36.6 Å². The molecule has 0 aliphatic rings. The second kappa shape index (κ2) is 6.63. The molecule has 6 heteroatoms. The summed E-state index contributed by atoms with van der Waals surface area (Å²) in [5.41, 5.74) is 6.65. The van der Waals surface area contributed by atoms with Crippen LogP contribution in [0.3, 0.4) is 0 Å². The van der Waals surface area contributed by atoms with Gasteiger partial charge in [0, 0.05) is 13.1 Å². The zero-order valence-corrected chi connectivity index (χ0v) is 11.1. The van der Waals surface area contributed by atoms with Crippen LogP contribution < -0.4 is 16.0 Å². The van der Waals surface area contributed by atoms with Gasteiger partial charge in [0.15, 0.2) is 0 Å². The Kier molecular flexibility index (Phi) is 5.17. The second-order valence-electron chi connectivity index (χ2n) is 4.01. The summed E-state index contributed by atoms with van der Waals surface area (Å²) in [4.78, 5) is 24.4. The van der Waals surface area contributed by atoms with E-state index >= 15 is 0 Å². The normalized spacial score (nSPS) is 10.0. The number of nitrogen functional groups attached to an aromatic ring is 1. The highest BCUT2D eigenvalue weighted by molar-refractivity contribution is 5.97. The number of anilines is 2. The van der Waals surface area contributed by atoms with Crippen molar-refractivity contribution in [1.29, 1.82) is 0 Å². The van der Waals surface area contributed by atoms with Gasteiger partial charge in [0.2, 0.25) is 5.91 Å². The maximum atomic E-state index is 11.6. The number of hydrogen-bond donors (Lipinski definition) is 3. The number of carboxylic acid groups (broad SMARTS) is 1. The number of nitrogens with zero attached hydrogens (tertiary/aromatic N) is 1. The predicted octanol–water partition coefficient (Wildman–Crippen LogP) is 0.929. The van der Waals surface area contributed by atoms with E-state index in [2.05, 4.69) is 5.32 Å². The smallest absolute Gasteiger partial charge is 0.337 e. The van der Waals surface area contributed by atoms with Crippen molar-refractivity contribution in [2.24, 2.45) is 0 Å². The largest absolute Gasteiger partial charge is 0.478 e. The van der Waals surface area contributed by atoms with Gasteiger partial charge >= 0.3 is 5.97 Å². The van der Waals surface area contributed by atoms with Gasteiger partial charge in [-0.25, -0.2) is 4.79 Å². The monoisotopic (exact) mass is 265 g/mol. The topological polar surface area (TPSA) is 95.7 Å². The zero-order valence-electron chi connectivity index (χ0n) is 11.1. The fraction of sp³-hybridized carbons (Fsp3) is 0.385. The molecule has 0 aliphatic heterocycles. The van der Waals surface area contributed by atoms with E-state index in [1.165, 1.54) is 6.07 Å². The zero-order chi connectivity index (χ0) is 14.4. The molecule has 1 aromatic carbocycles. The second-order valence-corrected chi connectivity index (χ2v) is 4.01. The number of amides is 1. The third kappa shape index (κ3) is 3.61. The highest BCUT2D eigenvalue weighted by Crippen LogP contribution is 2.26.